The minimum Gasteiger partial charge on any atom is -0.494 e. The summed E-state index contributed by atoms with van der Waals surface area (Å²) < 4.78 is 5.52. The maximum absolute atomic E-state index is 12.4. The van der Waals surface area contributed by atoms with Gasteiger partial charge in [-0.1, -0.05) is 0 Å². The number of benzene rings is 1. The van der Waals surface area contributed by atoms with Gasteiger partial charge in [0.2, 0.25) is 5.91 Å². The summed E-state index contributed by atoms with van der Waals surface area (Å²) in [6.45, 7) is 10.0. The first kappa shape index (κ1) is 21.3. The first-order valence-corrected chi connectivity index (χ1v) is 12.0. The summed E-state index contributed by atoms with van der Waals surface area (Å²) in [6, 6.07) is 8.17. The number of carbonyl (C=O) groups excluding carboxylic acids is 1. The maximum Gasteiger partial charge on any atom is 0.236 e. The highest BCUT2D eigenvalue weighted by molar-refractivity contribution is 7.13. The third-order valence-corrected chi connectivity index (χ3v) is 6.79. The molecule has 0 bridgehead atoms. The molecule has 1 amide bonds. The molecule has 30 heavy (non-hydrogen) atoms. The number of rotatable bonds is 7. The van der Waals surface area contributed by atoms with Gasteiger partial charge in [0, 0.05) is 43.7 Å². The highest BCUT2D eigenvalue weighted by Gasteiger charge is 2.22. The second kappa shape index (κ2) is 10.4. The van der Waals surface area contributed by atoms with Gasteiger partial charge in [-0.15, -0.1) is 11.3 Å². The van der Waals surface area contributed by atoms with E-state index in [1.165, 1.54) is 0 Å². The molecule has 2 fully saturated rings. The molecule has 0 spiro atoms. The van der Waals surface area contributed by atoms with Gasteiger partial charge in [-0.2, -0.15) is 0 Å². The van der Waals surface area contributed by atoms with Crippen molar-refractivity contribution in [2.45, 2.75) is 32.7 Å². The lowest BCUT2D eigenvalue weighted by atomic mass is 10.2. The van der Waals surface area contributed by atoms with E-state index in [2.05, 4.69) is 27.3 Å². The van der Waals surface area contributed by atoms with Gasteiger partial charge in [-0.3, -0.25) is 14.6 Å². The van der Waals surface area contributed by atoms with E-state index in [-0.39, 0.29) is 0 Å². The van der Waals surface area contributed by atoms with E-state index in [1.807, 2.05) is 24.0 Å². The Bertz CT molecular complexity index is 817. The summed E-state index contributed by atoms with van der Waals surface area (Å²) in [5.41, 5.74) is 2.27. The quantitative estimate of drug-likeness (QED) is 0.677. The lowest BCUT2D eigenvalue weighted by Crippen LogP contribution is -2.40. The fraction of sp³-hybridized carbons (Fsp3) is 0.565. The summed E-state index contributed by atoms with van der Waals surface area (Å²) in [6.07, 6.45) is 3.42. The van der Waals surface area contributed by atoms with E-state index < -0.39 is 0 Å². The van der Waals surface area contributed by atoms with Crippen LogP contribution >= 0.6 is 11.3 Å². The number of thiazole rings is 1. The Morgan fingerprint density at radius 3 is 2.50 bits per heavy atom. The Kier molecular flexibility index (Phi) is 7.36. The van der Waals surface area contributed by atoms with Crippen molar-refractivity contribution in [3.8, 4) is 16.3 Å². The molecule has 0 N–H and O–H groups in total. The SMILES string of the molecule is CCOc1ccc(-c2nc(CN3CCCN(CC(=O)N4CCCC4)CC3)cs2)cc1. The van der Waals surface area contributed by atoms with Crippen molar-refractivity contribution >= 4 is 17.2 Å². The lowest BCUT2D eigenvalue weighted by molar-refractivity contribution is -0.131. The summed E-state index contributed by atoms with van der Waals surface area (Å²) in [4.78, 5) is 24.1. The normalized spacial score (nSPS) is 18.5. The third kappa shape index (κ3) is 5.59. The number of hydrogen-bond acceptors (Lipinski definition) is 6. The summed E-state index contributed by atoms with van der Waals surface area (Å²) in [5, 5.41) is 3.23. The second-order valence-electron chi connectivity index (χ2n) is 8.10. The average Bonchev–Trinajstić information content (AvgIpc) is 3.40. The third-order valence-electron chi connectivity index (χ3n) is 5.85. The zero-order valence-corrected chi connectivity index (χ0v) is 18.7. The van der Waals surface area contributed by atoms with Crippen LogP contribution in [0.2, 0.25) is 0 Å². The van der Waals surface area contributed by atoms with Crippen LogP contribution < -0.4 is 4.74 Å². The smallest absolute Gasteiger partial charge is 0.236 e. The molecule has 4 rings (SSSR count). The first-order chi connectivity index (χ1) is 14.7. The highest BCUT2D eigenvalue weighted by Crippen LogP contribution is 2.26. The molecular formula is C23H32N4O2S. The number of carbonyl (C=O) groups is 1. The van der Waals surface area contributed by atoms with Crippen LogP contribution in [0.4, 0.5) is 0 Å². The molecule has 7 heteroatoms. The van der Waals surface area contributed by atoms with E-state index in [1.54, 1.807) is 11.3 Å². The van der Waals surface area contributed by atoms with Crippen LogP contribution in [0.1, 0.15) is 31.9 Å². The minimum absolute atomic E-state index is 0.306. The molecule has 0 unspecified atom stereocenters. The van der Waals surface area contributed by atoms with E-state index >= 15 is 0 Å². The van der Waals surface area contributed by atoms with Crippen LogP contribution in [0, 0.1) is 0 Å². The Morgan fingerprint density at radius 1 is 1.00 bits per heavy atom. The maximum atomic E-state index is 12.4. The standard InChI is InChI=1S/C23H32N4O2S/c1-2-29-21-8-6-19(7-9-21)23-24-20(18-30-23)16-25-10-5-11-26(15-14-25)17-22(28)27-12-3-4-13-27/h6-9,18H,2-5,10-17H2,1H3. The molecule has 0 radical (unpaired) electrons. The summed E-state index contributed by atoms with van der Waals surface area (Å²) in [7, 11) is 0. The van der Waals surface area contributed by atoms with Gasteiger partial charge in [-0.05, 0) is 63.5 Å². The van der Waals surface area contributed by atoms with Crippen molar-refractivity contribution in [3.05, 3.63) is 35.3 Å². The number of hydrogen-bond donors (Lipinski definition) is 0. The molecule has 162 valence electrons. The van der Waals surface area contributed by atoms with E-state index in [0.29, 0.717) is 19.1 Å². The Hall–Kier alpha value is -1.96. The minimum atomic E-state index is 0.306. The summed E-state index contributed by atoms with van der Waals surface area (Å²) in [5.74, 6) is 1.20. The van der Waals surface area contributed by atoms with Crippen LogP contribution in [0.25, 0.3) is 10.6 Å². The molecule has 3 heterocycles. The van der Waals surface area contributed by atoms with Gasteiger partial charge in [-0.25, -0.2) is 4.98 Å². The molecule has 0 saturated carbocycles. The van der Waals surface area contributed by atoms with Gasteiger partial charge < -0.3 is 9.64 Å². The number of likely N-dealkylation sites (tertiary alicyclic amines) is 1. The largest absolute Gasteiger partial charge is 0.494 e. The molecule has 0 atom stereocenters. The average molecular weight is 429 g/mol. The molecule has 1 aromatic heterocycles. The zero-order valence-electron chi connectivity index (χ0n) is 17.9. The molecule has 2 aromatic rings. The number of ether oxygens (including phenoxy) is 1. The topological polar surface area (TPSA) is 48.9 Å². The van der Waals surface area contributed by atoms with Crippen LogP contribution in [0.5, 0.6) is 5.75 Å². The first-order valence-electron chi connectivity index (χ1n) is 11.1. The van der Waals surface area contributed by atoms with Crippen molar-refractivity contribution in [2.24, 2.45) is 0 Å². The van der Waals surface area contributed by atoms with Crippen LogP contribution in [-0.4, -0.2) is 78.0 Å². The molecule has 2 aliphatic heterocycles. The lowest BCUT2D eigenvalue weighted by Gasteiger charge is -2.23. The molecular weight excluding hydrogens is 396 g/mol. The monoisotopic (exact) mass is 428 g/mol. The van der Waals surface area contributed by atoms with Gasteiger partial charge >= 0.3 is 0 Å². The predicted octanol–water partition coefficient (Wildman–Crippen LogP) is 3.34. The Balaban J connectivity index is 1.28. The number of aromatic nitrogens is 1. The van der Waals surface area contributed by atoms with E-state index in [9.17, 15) is 4.79 Å². The molecule has 0 aliphatic carbocycles. The van der Waals surface area contributed by atoms with Gasteiger partial charge in [0.1, 0.15) is 10.8 Å². The number of amides is 1. The fourth-order valence-corrected chi connectivity index (χ4v) is 5.02. The second-order valence-corrected chi connectivity index (χ2v) is 8.95. The van der Waals surface area contributed by atoms with Crippen molar-refractivity contribution < 1.29 is 9.53 Å². The van der Waals surface area contributed by atoms with Crippen molar-refractivity contribution in [2.75, 3.05) is 52.4 Å². The Labute approximate surface area is 183 Å². The van der Waals surface area contributed by atoms with Crippen molar-refractivity contribution in [3.63, 3.8) is 0 Å². The predicted molar refractivity (Wildman–Crippen MR) is 121 cm³/mol. The molecule has 1 aromatic carbocycles. The van der Waals surface area contributed by atoms with Crippen molar-refractivity contribution in [1.82, 2.24) is 19.7 Å². The van der Waals surface area contributed by atoms with Crippen LogP contribution in [0.3, 0.4) is 0 Å². The fourth-order valence-electron chi connectivity index (χ4n) is 4.20. The Morgan fingerprint density at radius 2 is 1.73 bits per heavy atom. The summed E-state index contributed by atoms with van der Waals surface area (Å²) >= 11 is 1.70. The highest BCUT2D eigenvalue weighted by atomic mass is 32.1. The van der Waals surface area contributed by atoms with Crippen LogP contribution in [-0.2, 0) is 11.3 Å². The number of nitrogens with zero attached hydrogens (tertiary/aromatic N) is 4. The van der Waals surface area contributed by atoms with E-state index in [4.69, 9.17) is 9.72 Å². The van der Waals surface area contributed by atoms with Gasteiger partial charge in [0.25, 0.3) is 0 Å². The van der Waals surface area contributed by atoms with Crippen LogP contribution in [0.15, 0.2) is 29.6 Å². The van der Waals surface area contributed by atoms with E-state index in [0.717, 1.165) is 87.1 Å². The van der Waals surface area contributed by atoms with Gasteiger partial charge in [0.15, 0.2) is 0 Å². The molecule has 6 nitrogen and oxygen atoms in total. The zero-order chi connectivity index (χ0) is 20.8. The molecule has 2 saturated heterocycles. The van der Waals surface area contributed by atoms with Crippen molar-refractivity contribution in [1.29, 1.82) is 0 Å². The molecule has 2 aliphatic rings. The van der Waals surface area contributed by atoms with Gasteiger partial charge in [0.05, 0.1) is 18.8 Å².